The minimum atomic E-state index is 0. The van der Waals surface area contributed by atoms with Crippen molar-refractivity contribution in [3.8, 4) is 11.5 Å². The van der Waals surface area contributed by atoms with Crippen LogP contribution >= 0.6 is 12.4 Å². The number of piperidine rings is 2. The standard InChI is InChI=1S/2C19H27NO.ClH/c2*1-13(2)7-9-20-10-8-19(4)14(3)18(20)11-15-5-6-16(21)12-17(15)19;/h2*5-7,12,14,18,21H,8-11H2,1-4H3;1H. The number of hydrogen-bond acceptors (Lipinski definition) is 4. The van der Waals surface area contributed by atoms with Gasteiger partial charge in [0.25, 0.3) is 0 Å². The van der Waals surface area contributed by atoms with E-state index in [1.807, 2.05) is 24.3 Å². The van der Waals surface area contributed by atoms with Crippen molar-refractivity contribution in [2.45, 2.75) is 104 Å². The number of allylic oxidation sites excluding steroid dienone is 2. The SMILES string of the molecule is CC(C)=CCN1CCC2(C)c3cc(O)ccc3CC1C2C.CC(C)=CCN1CCC2(C)c3cc(O)ccc3CC1C2C.Cl. The molecule has 6 rings (SSSR count). The number of benzene rings is 2. The van der Waals surface area contributed by atoms with E-state index < -0.39 is 0 Å². The Labute approximate surface area is 267 Å². The molecule has 2 saturated heterocycles. The molecule has 6 unspecified atom stereocenters. The summed E-state index contributed by atoms with van der Waals surface area (Å²) in [5.74, 6) is 2.08. The zero-order valence-electron chi connectivity index (χ0n) is 27.8. The molecule has 2 N–H and O–H groups in total. The Morgan fingerprint density at radius 1 is 0.721 bits per heavy atom. The van der Waals surface area contributed by atoms with Crippen molar-refractivity contribution < 1.29 is 10.2 Å². The lowest BCUT2D eigenvalue weighted by Gasteiger charge is -2.54. The molecule has 2 aliphatic heterocycles. The van der Waals surface area contributed by atoms with Crippen molar-refractivity contribution in [3.05, 3.63) is 82.0 Å². The highest BCUT2D eigenvalue weighted by molar-refractivity contribution is 5.85. The van der Waals surface area contributed by atoms with Gasteiger partial charge in [0.05, 0.1) is 0 Å². The quantitative estimate of drug-likeness (QED) is 0.345. The van der Waals surface area contributed by atoms with Crippen LogP contribution in [-0.4, -0.2) is 58.3 Å². The van der Waals surface area contributed by atoms with Crippen LogP contribution in [0.2, 0.25) is 0 Å². The third-order valence-corrected chi connectivity index (χ3v) is 11.7. The second-order valence-electron chi connectivity index (χ2n) is 14.7. The van der Waals surface area contributed by atoms with Crippen LogP contribution in [0.1, 0.15) is 90.5 Å². The van der Waals surface area contributed by atoms with Gasteiger partial charge in [-0.05, 0) is 136 Å². The molecule has 4 bridgehead atoms. The van der Waals surface area contributed by atoms with E-state index in [1.54, 1.807) is 0 Å². The van der Waals surface area contributed by atoms with Crippen LogP contribution < -0.4 is 0 Å². The predicted octanol–water partition coefficient (Wildman–Crippen LogP) is 8.19. The van der Waals surface area contributed by atoms with Crippen LogP contribution in [0.25, 0.3) is 0 Å². The molecule has 0 saturated carbocycles. The molecule has 4 aliphatic rings. The molecule has 0 radical (unpaired) electrons. The maximum absolute atomic E-state index is 9.87. The zero-order chi connectivity index (χ0) is 30.4. The molecule has 2 heterocycles. The van der Waals surface area contributed by atoms with E-state index >= 15 is 0 Å². The molecule has 0 spiro atoms. The highest BCUT2D eigenvalue weighted by atomic mass is 35.5. The topological polar surface area (TPSA) is 46.9 Å². The number of phenolic OH excluding ortho intramolecular Hbond substituents is 2. The first-order valence-corrected chi connectivity index (χ1v) is 16.2. The van der Waals surface area contributed by atoms with E-state index in [1.165, 1.54) is 46.2 Å². The van der Waals surface area contributed by atoms with Gasteiger partial charge in [-0.25, -0.2) is 0 Å². The van der Waals surface area contributed by atoms with Gasteiger partial charge >= 0.3 is 0 Å². The second-order valence-corrected chi connectivity index (χ2v) is 14.7. The Hall–Kier alpha value is -2.27. The van der Waals surface area contributed by atoms with E-state index in [0.29, 0.717) is 35.4 Å². The fourth-order valence-electron chi connectivity index (χ4n) is 8.44. The van der Waals surface area contributed by atoms with Gasteiger partial charge in [0.15, 0.2) is 0 Å². The molecular formula is C38H55ClN2O2. The van der Waals surface area contributed by atoms with Gasteiger partial charge in [0.1, 0.15) is 11.5 Å². The molecule has 2 aromatic rings. The number of aromatic hydroxyl groups is 2. The summed E-state index contributed by atoms with van der Waals surface area (Å²) in [5.41, 5.74) is 8.84. The largest absolute Gasteiger partial charge is 0.508 e. The number of rotatable bonds is 4. The van der Waals surface area contributed by atoms with Crippen molar-refractivity contribution in [1.82, 2.24) is 9.80 Å². The van der Waals surface area contributed by atoms with E-state index in [2.05, 4.69) is 89.5 Å². The second kappa shape index (κ2) is 13.0. The average Bonchev–Trinajstić information content (AvgIpc) is 2.93. The molecule has 2 aromatic carbocycles. The number of fused-ring (bicyclic) bond motifs is 8. The van der Waals surface area contributed by atoms with Gasteiger partial charge in [-0.1, -0.05) is 63.1 Å². The summed E-state index contributed by atoms with van der Waals surface area (Å²) in [6.45, 7) is 22.7. The van der Waals surface area contributed by atoms with Gasteiger partial charge in [-0.15, -0.1) is 12.4 Å². The number of hydrogen-bond donors (Lipinski definition) is 2. The Bertz CT molecular complexity index is 1260. The molecule has 236 valence electrons. The smallest absolute Gasteiger partial charge is 0.115 e. The van der Waals surface area contributed by atoms with E-state index in [9.17, 15) is 10.2 Å². The first-order chi connectivity index (χ1) is 19.8. The summed E-state index contributed by atoms with van der Waals surface area (Å²) in [4.78, 5) is 5.30. The Kier molecular flexibility index (Phi) is 10.2. The minimum Gasteiger partial charge on any atom is -0.508 e. The van der Waals surface area contributed by atoms with Crippen molar-refractivity contribution in [3.63, 3.8) is 0 Å². The normalized spacial score (nSPS) is 30.9. The minimum absolute atomic E-state index is 0. The van der Waals surface area contributed by atoms with Gasteiger partial charge in [0, 0.05) is 25.2 Å². The average molecular weight is 607 g/mol. The monoisotopic (exact) mass is 606 g/mol. The van der Waals surface area contributed by atoms with Crippen LogP contribution in [-0.2, 0) is 23.7 Å². The predicted molar refractivity (Wildman–Crippen MR) is 183 cm³/mol. The van der Waals surface area contributed by atoms with E-state index in [-0.39, 0.29) is 23.2 Å². The maximum atomic E-state index is 9.87. The molecular weight excluding hydrogens is 552 g/mol. The first-order valence-electron chi connectivity index (χ1n) is 16.2. The molecule has 43 heavy (non-hydrogen) atoms. The van der Waals surface area contributed by atoms with Crippen LogP contribution in [0.5, 0.6) is 11.5 Å². The lowest BCUT2D eigenvalue weighted by atomic mass is 9.59. The van der Waals surface area contributed by atoms with Gasteiger partial charge in [-0.2, -0.15) is 0 Å². The number of likely N-dealkylation sites (tertiary alicyclic amines) is 2. The number of nitrogens with zero attached hydrogens (tertiary/aromatic N) is 2. The lowest BCUT2D eigenvalue weighted by molar-refractivity contribution is 0.0396. The molecule has 2 aliphatic carbocycles. The fraction of sp³-hybridized carbons (Fsp3) is 0.579. The third-order valence-electron chi connectivity index (χ3n) is 11.7. The summed E-state index contributed by atoms with van der Waals surface area (Å²) in [5, 5.41) is 19.7. The number of phenols is 2. The summed E-state index contributed by atoms with van der Waals surface area (Å²) in [6.07, 6.45) is 9.28. The Balaban J connectivity index is 0.000000192. The van der Waals surface area contributed by atoms with Gasteiger partial charge in [0.2, 0.25) is 0 Å². The van der Waals surface area contributed by atoms with E-state index in [0.717, 1.165) is 39.0 Å². The van der Waals surface area contributed by atoms with Crippen LogP contribution in [0, 0.1) is 11.8 Å². The Morgan fingerprint density at radius 2 is 1.09 bits per heavy atom. The summed E-state index contributed by atoms with van der Waals surface area (Å²) >= 11 is 0. The van der Waals surface area contributed by atoms with Crippen LogP contribution in [0.4, 0.5) is 0 Å². The van der Waals surface area contributed by atoms with Crippen LogP contribution in [0.15, 0.2) is 59.7 Å². The van der Waals surface area contributed by atoms with Crippen LogP contribution in [0.3, 0.4) is 0 Å². The molecule has 5 heteroatoms. The number of halogens is 1. The van der Waals surface area contributed by atoms with Crippen molar-refractivity contribution in [2.75, 3.05) is 26.2 Å². The molecule has 4 nitrogen and oxygen atoms in total. The first kappa shape index (κ1) is 33.6. The summed E-state index contributed by atoms with van der Waals surface area (Å²) in [6, 6.07) is 13.2. The summed E-state index contributed by atoms with van der Waals surface area (Å²) in [7, 11) is 0. The van der Waals surface area contributed by atoms with Crippen molar-refractivity contribution >= 4 is 12.4 Å². The van der Waals surface area contributed by atoms with E-state index in [4.69, 9.17) is 0 Å². The van der Waals surface area contributed by atoms with Crippen molar-refractivity contribution in [2.24, 2.45) is 11.8 Å². The maximum Gasteiger partial charge on any atom is 0.115 e. The summed E-state index contributed by atoms with van der Waals surface area (Å²) < 4.78 is 0. The molecule has 0 aromatic heterocycles. The molecule has 6 atom stereocenters. The van der Waals surface area contributed by atoms with Gasteiger partial charge in [-0.3, -0.25) is 9.80 Å². The Morgan fingerprint density at radius 3 is 1.44 bits per heavy atom. The third kappa shape index (κ3) is 6.44. The lowest BCUT2D eigenvalue weighted by Crippen LogP contribution is -2.57. The molecule has 2 fully saturated rings. The van der Waals surface area contributed by atoms with Crippen molar-refractivity contribution in [1.29, 1.82) is 0 Å². The molecule has 0 amide bonds. The highest BCUT2D eigenvalue weighted by Crippen LogP contribution is 2.50. The zero-order valence-corrected chi connectivity index (χ0v) is 28.6. The fourth-order valence-corrected chi connectivity index (χ4v) is 8.44. The van der Waals surface area contributed by atoms with Gasteiger partial charge < -0.3 is 10.2 Å². The highest BCUT2D eigenvalue weighted by Gasteiger charge is 2.49.